The van der Waals surface area contributed by atoms with Crippen LogP contribution >= 0.6 is 0 Å². The van der Waals surface area contributed by atoms with Gasteiger partial charge in [0.05, 0.1) is 0 Å². The molecule has 0 amide bonds. The number of hydrogen-bond acceptors (Lipinski definition) is 2. The molecule has 1 aliphatic carbocycles. The summed E-state index contributed by atoms with van der Waals surface area (Å²) < 4.78 is 0. The SMILES string of the molecule is CNC1(CN)CCC(C)CC1C. The van der Waals surface area contributed by atoms with Gasteiger partial charge in [0.15, 0.2) is 0 Å². The predicted molar refractivity (Wildman–Crippen MR) is 53.0 cm³/mol. The van der Waals surface area contributed by atoms with Crippen molar-refractivity contribution in [2.24, 2.45) is 17.6 Å². The summed E-state index contributed by atoms with van der Waals surface area (Å²) in [5, 5.41) is 3.41. The molecule has 2 nitrogen and oxygen atoms in total. The van der Waals surface area contributed by atoms with Crippen molar-refractivity contribution < 1.29 is 0 Å². The average molecular weight is 170 g/mol. The van der Waals surface area contributed by atoms with Gasteiger partial charge >= 0.3 is 0 Å². The Morgan fingerprint density at radius 2 is 2.17 bits per heavy atom. The Bertz CT molecular complexity index is 141. The number of hydrogen-bond donors (Lipinski definition) is 2. The summed E-state index contributed by atoms with van der Waals surface area (Å²) in [7, 11) is 2.04. The van der Waals surface area contributed by atoms with Crippen LogP contribution in [0.15, 0.2) is 0 Å². The molecule has 3 N–H and O–H groups in total. The molecule has 3 atom stereocenters. The molecule has 2 heteroatoms. The van der Waals surface area contributed by atoms with Gasteiger partial charge in [0.2, 0.25) is 0 Å². The molecule has 0 heterocycles. The predicted octanol–water partition coefficient (Wildman–Crippen LogP) is 1.36. The van der Waals surface area contributed by atoms with Gasteiger partial charge < -0.3 is 11.1 Å². The smallest absolute Gasteiger partial charge is 0.0327 e. The lowest BCUT2D eigenvalue weighted by atomic mass is 9.70. The first-order valence-corrected chi connectivity index (χ1v) is 5.03. The van der Waals surface area contributed by atoms with E-state index in [1.807, 2.05) is 7.05 Å². The van der Waals surface area contributed by atoms with E-state index in [2.05, 4.69) is 19.2 Å². The highest BCUT2D eigenvalue weighted by Gasteiger charge is 2.37. The fourth-order valence-electron chi connectivity index (χ4n) is 2.47. The Kier molecular flexibility index (Phi) is 3.13. The van der Waals surface area contributed by atoms with Gasteiger partial charge in [-0.3, -0.25) is 0 Å². The van der Waals surface area contributed by atoms with Crippen molar-refractivity contribution in [2.45, 2.75) is 38.6 Å². The third-order valence-corrected chi connectivity index (χ3v) is 3.64. The molecule has 0 aromatic rings. The largest absolute Gasteiger partial charge is 0.329 e. The van der Waals surface area contributed by atoms with Crippen LogP contribution in [0.2, 0.25) is 0 Å². The molecule has 72 valence electrons. The van der Waals surface area contributed by atoms with E-state index in [0.717, 1.165) is 18.4 Å². The van der Waals surface area contributed by atoms with Crippen molar-refractivity contribution in [3.8, 4) is 0 Å². The Morgan fingerprint density at radius 1 is 1.50 bits per heavy atom. The molecule has 1 aliphatic rings. The molecular formula is C10H22N2. The first-order valence-electron chi connectivity index (χ1n) is 5.03. The molecule has 0 saturated heterocycles. The number of nitrogens with one attached hydrogen (secondary N) is 1. The zero-order chi connectivity index (χ0) is 9.19. The minimum Gasteiger partial charge on any atom is -0.329 e. The molecule has 3 unspecified atom stereocenters. The van der Waals surface area contributed by atoms with Gasteiger partial charge in [-0.05, 0) is 38.1 Å². The summed E-state index contributed by atoms with van der Waals surface area (Å²) in [4.78, 5) is 0. The third kappa shape index (κ3) is 1.64. The zero-order valence-corrected chi connectivity index (χ0v) is 8.56. The van der Waals surface area contributed by atoms with E-state index in [4.69, 9.17) is 5.73 Å². The molecule has 1 fully saturated rings. The maximum absolute atomic E-state index is 5.82. The summed E-state index contributed by atoms with van der Waals surface area (Å²) in [6.45, 7) is 5.43. The molecule has 0 aliphatic heterocycles. The van der Waals surface area contributed by atoms with E-state index in [9.17, 15) is 0 Å². The highest BCUT2D eigenvalue weighted by Crippen LogP contribution is 2.35. The number of rotatable bonds is 2. The first kappa shape index (κ1) is 10.0. The Balaban J connectivity index is 2.64. The first-order chi connectivity index (χ1) is 5.64. The van der Waals surface area contributed by atoms with E-state index >= 15 is 0 Å². The van der Waals surface area contributed by atoms with Gasteiger partial charge in [0.1, 0.15) is 0 Å². The van der Waals surface area contributed by atoms with Gasteiger partial charge in [-0.2, -0.15) is 0 Å². The molecular weight excluding hydrogens is 148 g/mol. The molecule has 0 bridgehead atoms. The number of likely N-dealkylation sites (N-methyl/N-ethyl adjacent to an activating group) is 1. The van der Waals surface area contributed by atoms with Crippen LogP contribution in [0.5, 0.6) is 0 Å². The Labute approximate surface area is 75.9 Å². The highest BCUT2D eigenvalue weighted by atomic mass is 15.0. The van der Waals surface area contributed by atoms with Crippen LogP contribution in [-0.4, -0.2) is 19.1 Å². The lowest BCUT2D eigenvalue weighted by Crippen LogP contribution is -2.56. The van der Waals surface area contributed by atoms with Gasteiger partial charge in [-0.1, -0.05) is 13.8 Å². The molecule has 0 spiro atoms. The second kappa shape index (κ2) is 3.75. The fourth-order valence-corrected chi connectivity index (χ4v) is 2.47. The normalized spacial score (nSPS) is 43.0. The summed E-state index contributed by atoms with van der Waals surface area (Å²) in [6.07, 6.45) is 3.88. The van der Waals surface area contributed by atoms with E-state index in [0.29, 0.717) is 0 Å². The van der Waals surface area contributed by atoms with Crippen LogP contribution in [0.1, 0.15) is 33.1 Å². The minimum atomic E-state index is 0.229. The average Bonchev–Trinajstić information content (AvgIpc) is 2.06. The second-order valence-corrected chi connectivity index (χ2v) is 4.39. The van der Waals surface area contributed by atoms with E-state index in [1.165, 1.54) is 19.3 Å². The summed E-state index contributed by atoms with van der Waals surface area (Å²) in [6, 6.07) is 0. The van der Waals surface area contributed by atoms with Crippen molar-refractivity contribution >= 4 is 0 Å². The quantitative estimate of drug-likeness (QED) is 0.656. The second-order valence-electron chi connectivity index (χ2n) is 4.39. The van der Waals surface area contributed by atoms with E-state index in [1.54, 1.807) is 0 Å². The number of nitrogens with two attached hydrogens (primary N) is 1. The summed E-state index contributed by atoms with van der Waals surface area (Å²) >= 11 is 0. The Hall–Kier alpha value is -0.0800. The molecule has 12 heavy (non-hydrogen) atoms. The molecule has 0 aromatic carbocycles. The van der Waals surface area contributed by atoms with Crippen LogP contribution in [0.25, 0.3) is 0 Å². The summed E-state index contributed by atoms with van der Waals surface area (Å²) in [5.41, 5.74) is 6.05. The van der Waals surface area contributed by atoms with Crippen LogP contribution in [0, 0.1) is 11.8 Å². The van der Waals surface area contributed by atoms with Crippen LogP contribution in [-0.2, 0) is 0 Å². The van der Waals surface area contributed by atoms with Gasteiger partial charge in [0.25, 0.3) is 0 Å². The van der Waals surface area contributed by atoms with Crippen LogP contribution in [0.4, 0.5) is 0 Å². The van der Waals surface area contributed by atoms with Gasteiger partial charge in [-0.25, -0.2) is 0 Å². The molecule has 1 saturated carbocycles. The van der Waals surface area contributed by atoms with Crippen LogP contribution < -0.4 is 11.1 Å². The molecule has 0 radical (unpaired) electrons. The lowest BCUT2D eigenvalue weighted by Gasteiger charge is -2.44. The van der Waals surface area contributed by atoms with E-state index < -0.39 is 0 Å². The minimum absolute atomic E-state index is 0.229. The maximum atomic E-state index is 5.82. The van der Waals surface area contributed by atoms with Gasteiger partial charge in [-0.15, -0.1) is 0 Å². The summed E-state index contributed by atoms with van der Waals surface area (Å²) in [5.74, 6) is 1.60. The van der Waals surface area contributed by atoms with Crippen molar-refractivity contribution in [2.75, 3.05) is 13.6 Å². The van der Waals surface area contributed by atoms with Crippen molar-refractivity contribution in [3.05, 3.63) is 0 Å². The third-order valence-electron chi connectivity index (χ3n) is 3.64. The van der Waals surface area contributed by atoms with Crippen molar-refractivity contribution in [1.82, 2.24) is 5.32 Å². The standard InChI is InChI=1S/C10H22N2/c1-8-4-5-10(7-11,12-3)9(2)6-8/h8-9,12H,4-7,11H2,1-3H3. The monoisotopic (exact) mass is 170 g/mol. The lowest BCUT2D eigenvalue weighted by molar-refractivity contribution is 0.139. The Morgan fingerprint density at radius 3 is 2.58 bits per heavy atom. The fraction of sp³-hybridized carbons (Fsp3) is 1.00. The van der Waals surface area contributed by atoms with Gasteiger partial charge in [0, 0.05) is 12.1 Å². The maximum Gasteiger partial charge on any atom is 0.0327 e. The van der Waals surface area contributed by atoms with Crippen molar-refractivity contribution in [3.63, 3.8) is 0 Å². The zero-order valence-electron chi connectivity index (χ0n) is 8.56. The molecule has 0 aromatic heterocycles. The molecule has 1 rings (SSSR count). The van der Waals surface area contributed by atoms with Crippen molar-refractivity contribution in [1.29, 1.82) is 0 Å². The van der Waals surface area contributed by atoms with Crippen LogP contribution in [0.3, 0.4) is 0 Å². The highest BCUT2D eigenvalue weighted by molar-refractivity contribution is 4.96. The topological polar surface area (TPSA) is 38.0 Å². The van der Waals surface area contributed by atoms with E-state index in [-0.39, 0.29) is 5.54 Å².